The lowest BCUT2D eigenvalue weighted by Gasteiger charge is -2.37. The Labute approximate surface area is 214 Å². The van der Waals surface area contributed by atoms with Crippen molar-refractivity contribution in [2.24, 2.45) is 5.92 Å². The van der Waals surface area contributed by atoms with Crippen LogP contribution < -0.4 is 9.64 Å². The van der Waals surface area contributed by atoms with Crippen LogP contribution in [-0.4, -0.2) is 45.3 Å². The van der Waals surface area contributed by atoms with Gasteiger partial charge in [0.25, 0.3) is 0 Å². The van der Waals surface area contributed by atoms with Crippen LogP contribution in [0.4, 0.5) is 18.9 Å². The molecule has 3 aromatic carbocycles. The highest BCUT2D eigenvalue weighted by Crippen LogP contribution is 2.48. The Kier molecular flexibility index (Phi) is 7.31. The maximum absolute atomic E-state index is 15.6. The summed E-state index contributed by atoms with van der Waals surface area (Å²) in [5, 5.41) is 9.95. The number of hydrogen-bond donors (Lipinski definition) is 1. The molecule has 1 N–H and O–H groups in total. The lowest BCUT2D eigenvalue weighted by atomic mass is 9.75. The van der Waals surface area contributed by atoms with Gasteiger partial charge in [0.2, 0.25) is 0 Å². The van der Waals surface area contributed by atoms with Gasteiger partial charge >= 0.3 is 0 Å². The molecule has 2 unspecified atom stereocenters. The number of phenols is 1. The van der Waals surface area contributed by atoms with E-state index in [1.807, 2.05) is 11.0 Å². The van der Waals surface area contributed by atoms with Crippen LogP contribution in [0, 0.1) is 23.4 Å². The number of ether oxygens (including phenoxy) is 3. The van der Waals surface area contributed by atoms with Gasteiger partial charge in [-0.1, -0.05) is 24.3 Å². The molecule has 0 aliphatic carbocycles. The van der Waals surface area contributed by atoms with Crippen molar-refractivity contribution in [3.8, 4) is 11.5 Å². The van der Waals surface area contributed by atoms with E-state index in [0.717, 1.165) is 18.9 Å². The molecule has 5 nitrogen and oxygen atoms in total. The van der Waals surface area contributed by atoms with Crippen molar-refractivity contribution in [2.75, 3.05) is 38.8 Å². The maximum atomic E-state index is 15.6. The second kappa shape index (κ2) is 10.6. The Morgan fingerprint density at radius 1 is 0.919 bits per heavy atom. The van der Waals surface area contributed by atoms with Gasteiger partial charge in [-0.3, -0.25) is 0 Å². The van der Waals surface area contributed by atoms with Gasteiger partial charge in [0.15, 0.2) is 17.9 Å². The molecule has 2 heterocycles. The maximum Gasteiger partial charge on any atom is 0.162 e. The molecule has 0 radical (unpaired) electrons. The Balaban J connectivity index is 1.47. The Morgan fingerprint density at radius 3 is 2.38 bits per heavy atom. The summed E-state index contributed by atoms with van der Waals surface area (Å²) in [4.78, 5) is 2.01. The fraction of sp³-hybridized carbons (Fsp3) is 0.379. The lowest BCUT2D eigenvalue weighted by Crippen LogP contribution is -2.39. The van der Waals surface area contributed by atoms with Crippen molar-refractivity contribution < 1.29 is 32.5 Å². The number of halogens is 3. The summed E-state index contributed by atoms with van der Waals surface area (Å²) in [5.74, 6) is -2.64. The van der Waals surface area contributed by atoms with Crippen LogP contribution >= 0.6 is 0 Å². The van der Waals surface area contributed by atoms with E-state index in [2.05, 4.69) is 0 Å². The van der Waals surface area contributed by atoms with Gasteiger partial charge in [-0.15, -0.1) is 0 Å². The van der Waals surface area contributed by atoms with Gasteiger partial charge in [-0.05, 0) is 48.2 Å². The molecule has 0 aromatic heterocycles. The first-order valence-electron chi connectivity index (χ1n) is 12.4. The van der Waals surface area contributed by atoms with Crippen LogP contribution in [0.3, 0.4) is 0 Å². The molecule has 0 amide bonds. The average molecular weight is 514 g/mol. The van der Waals surface area contributed by atoms with Crippen molar-refractivity contribution in [1.29, 1.82) is 0 Å². The van der Waals surface area contributed by atoms with Crippen molar-refractivity contribution in [3.63, 3.8) is 0 Å². The molecule has 196 valence electrons. The van der Waals surface area contributed by atoms with E-state index < -0.39 is 23.5 Å². The second-order valence-corrected chi connectivity index (χ2v) is 9.64. The molecule has 2 atom stereocenters. The number of rotatable bonds is 6. The molecule has 37 heavy (non-hydrogen) atoms. The first-order chi connectivity index (χ1) is 17.9. The summed E-state index contributed by atoms with van der Waals surface area (Å²) in [6.45, 7) is 1.39. The van der Waals surface area contributed by atoms with Gasteiger partial charge in [0, 0.05) is 56.7 Å². The first kappa shape index (κ1) is 25.4. The highest BCUT2D eigenvalue weighted by Gasteiger charge is 2.36. The molecular weight excluding hydrogens is 483 g/mol. The number of aromatic hydroxyl groups is 1. The van der Waals surface area contributed by atoms with Gasteiger partial charge in [0.1, 0.15) is 17.3 Å². The summed E-state index contributed by atoms with van der Waals surface area (Å²) in [7, 11) is 3.25. The van der Waals surface area contributed by atoms with Gasteiger partial charge < -0.3 is 24.2 Å². The third-order valence-electron chi connectivity index (χ3n) is 7.59. The van der Waals surface area contributed by atoms with Crippen molar-refractivity contribution >= 4 is 5.69 Å². The number of phenolic OH excluding ortho intramolecular Hbond substituents is 1. The summed E-state index contributed by atoms with van der Waals surface area (Å²) < 4.78 is 61.2. The summed E-state index contributed by atoms with van der Waals surface area (Å²) in [6.07, 6.45) is 1.35. The molecule has 0 saturated carbocycles. The lowest BCUT2D eigenvalue weighted by molar-refractivity contribution is -0.141. The molecule has 2 aliphatic rings. The number of anilines is 1. The van der Waals surface area contributed by atoms with Gasteiger partial charge in [-0.2, -0.15) is 0 Å². The standard InChI is InChI=1S/C29H30F3NO4/c1-35-29(36-2)17-10-12-33(13-11-17)25-9-6-18(14-24(25)31)27-21-8-7-19(34)15-26(21)37-16-22(27)20-4-3-5-23(30)28(20)32/h3-9,14-15,17,22,27,29,34H,10-13,16H2,1-2H3. The predicted octanol–water partition coefficient (Wildman–Crippen LogP) is 5.95. The van der Waals surface area contributed by atoms with Gasteiger partial charge in [-0.25, -0.2) is 13.2 Å². The number of piperidine rings is 1. The largest absolute Gasteiger partial charge is 0.508 e. The van der Waals surface area contributed by atoms with Crippen LogP contribution in [-0.2, 0) is 9.47 Å². The Bertz CT molecular complexity index is 1260. The van der Waals surface area contributed by atoms with Gasteiger partial charge in [0.05, 0.1) is 12.3 Å². The van der Waals surface area contributed by atoms with Crippen LogP contribution in [0.2, 0.25) is 0 Å². The van der Waals surface area contributed by atoms with Crippen molar-refractivity contribution in [3.05, 3.63) is 88.7 Å². The number of fused-ring (bicyclic) bond motifs is 1. The fourth-order valence-corrected chi connectivity index (χ4v) is 5.75. The normalized spacial score (nSPS) is 20.1. The molecule has 0 bridgehead atoms. The molecule has 2 aliphatic heterocycles. The third-order valence-corrected chi connectivity index (χ3v) is 7.59. The van der Waals surface area contributed by atoms with Crippen molar-refractivity contribution in [1.82, 2.24) is 0 Å². The van der Waals surface area contributed by atoms with E-state index in [1.165, 1.54) is 30.3 Å². The molecule has 8 heteroatoms. The monoisotopic (exact) mass is 513 g/mol. The van der Waals surface area contributed by atoms with Crippen LogP contribution in [0.25, 0.3) is 0 Å². The summed E-state index contributed by atoms with van der Waals surface area (Å²) in [6, 6.07) is 13.8. The van der Waals surface area contributed by atoms with Crippen LogP contribution in [0.15, 0.2) is 54.6 Å². The molecule has 3 aromatic rings. The van der Waals surface area contributed by atoms with Crippen molar-refractivity contribution in [2.45, 2.75) is 31.0 Å². The molecule has 1 fully saturated rings. The fourth-order valence-electron chi connectivity index (χ4n) is 5.75. The Morgan fingerprint density at radius 2 is 1.68 bits per heavy atom. The second-order valence-electron chi connectivity index (χ2n) is 9.64. The summed E-state index contributed by atoms with van der Waals surface area (Å²) >= 11 is 0. The molecular formula is C29H30F3NO4. The van der Waals surface area contributed by atoms with E-state index in [9.17, 15) is 13.9 Å². The van der Waals surface area contributed by atoms with E-state index in [0.29, 0.717) is 35.7 Å². The highest BCUT2D eigenvalue weighted by atomic mass is 19.2. The topological polar surface area (TPSA) is 51.2 Å². The highest BCUT2D eigenvalue weighted by molar-refractivity contribution is 5.55. The quantitative estimate of drug-likeness (QED) is 0.413. The third kappa shape index (κ3) is 4.88. The number of methoxy groups -OCH3 is 2. The predicted molar refractivity (Wildman–Crippen MR) is 134 cm³/mol. The zero-order valence-corrected chi connectivity index (χ0v) is 20.8. The van der Waals surface area contributed by atoms with E-state index >= 15 is 4.39 Å². The minimum Gasteiger partial charge on any atom is -0.508 e. The molecule has 5 rings (SSSR count). The zero-order valence-electron chi connectivity index (χ0n) is 20.8. The number of hydrogen-bond acceptors (Lipinski definition) is 5. The van der Waals surface area contributed by atoms with Crippen LogP contribution in [0.1, 0.15) is 41.4 Å². The number of nitrogens with zero attached hydrogens (tertiary/aromatic N) is 1. The minimum absolute atomic E-state index is 0.0296. The first-order valence-corrected chi connectivity index (χ1v) is 12.4. The molecule has 0 spiro atoms. The summed E-state index contributed by atoms with van der Waals surface area (Å²) in [5.41, 5.74) is 1.97. The molecule has 1 saturated heterocycles. The van der Waals surface area contributed by atoms with E-state index in [-0.39, 0.29) is 35.9 Å². The zero-order chi connectivity index (χ0) is 26.1. The average Bonchev–Trinajstić information content (AvgIpc) is 2.91. The van der Waals surface area contributed by atoms with E-state index in [1.54, 1.807) is 26.4 Å². The minimum atomic E-state index is -0.943. The SMILES string of the molecule is COC(OC)C1CCN(c2ccc(C3c4ccc(O)cc4OCC3c3cccc(F)c3F)cc2F)CC1. The van der Waals surface area contributed by atoms with E-state index in [4.69, 9.17) is 14.2 Å². The number of benzene rings is 3. The Hall–Kier alpha value is -3.23. The smallest absolute Gasteiger partial charge is 0.162 e. The van der Waals surface area contributed by atoms with Crippen LogP contribution in [0.5, 0.6) is 11.5 Å².